The van der Waals surface area contributed by atoms with E-state index in [1.165, 1.54) is 6.07 Å². The lowest BCUT2D eigenvalue weighted by Crippen LogP contribution is -2.41. The number of allylic oxidation sites excluding steroid dienone is 2. The number of benzene rings is 2. The van der Waals surface area contributed by atoms with Gasteiger partial charge in [0.1, 0.15) is 40.8 Å². The zero-order valence-corrected chi connectivity index (χ0v) is 18.5. The Bertz CT molecular complexity index is 1110. The maximum absolute atomic E-state index is 12.7. The fourth-order valence-electron chi connectivity index (χ4n) is 4.25. The van der Waals surface area contributed by atoms with Gasteiger partial charge in [-0.25, -0.2) is 0 Å². The molecule has 0 radical (unpaired) electrons. The highest BCUT2D eigenvalue weighted by atomic mass is 16.5. The van der Waals surface area contributed by atoms with Gasteiger partial charge in [-0.15, -0.1) is 0 Å². The van der Waals surface area contributed by atoms with Crippen LogP contribution in [0.5, 0.6) is 23.0 Å². The van der Waals surface area contributed by atoms with Crippen molar-refractivity contribution in [2.24, 2.45) is 0 Å². The molecule has 4 rings (SSSR count). The molecule has 0 aromatic heterocycles. The van der Waals surface area contributed by atoms with E-state index < -0.39 is 23.9 Å². The molecule has 0 aliphatic carbocycles. The van der Waals surface area contributed by atoms with E-state index in [0.717, 1.165) is 17.2 Å². The van der Waals surface area contributed by atoms with Crippen LogP contribution >= 0.6 is 0 Å². The zero-order chi connectivity index (χ0) is 23.4. The van der Waals surface area contributed by atoms with Gasteiger partial charge in [0.2, 0.25) is 0 Å². The normalized spacial score (nSPS) is 21.9. The van der Waals surface area contributed by atoms with Crippen LogP contribution < -0.4 is 9.47 Å². The van der Waals surface area contributed by atoms with Crippen molar-refractivity contribution in [1.29, 1.82) is 0 Å². The highest BCUT2D eigenvalue weighted by Crippen LogP contribution is 2.47. The number of phenols is 2. The minimum atomic E-state index is -1.27. The predicted molar refractivity (Wildman–Crippen MR) is 117 cm³/mol. The summed E-state index contributed by atoms with van der Waals surface area (Å²) in [6.45, 7) is 7.14. The van der Waals surface area contributed by atoms with Crippen molar-refractivity contribution >= 4 is 5.78 Å². The number of aliphatic hydroxyl groups excluding tert-OH is 1. The summed E-state index contributed by atoms with van der Waals surface area (Å²) in [4.78, 5) is 12.7. The lowest BCUT2D eigenvalue weighted by molar-refractivity contribution is -0.0764. The molecule has 0 saturated heterocycles. The SMILES string of the molecule is CC(C)=CCc1cc(C2CC(=O)c3c(O)cc(O)cc3O2)cc2c1OC(C(C)(C)O)C2O. The minimum Gasteiger partial charge on any atom is -0.508 e. The van der Waals surface area contributed by atoms with Crippen LogP contribution in [0.4, 0.5) is 0 Å². The van der Waals surface area contributed by atoms with Crippen molar-refractivity contribution in [2.45, 2.75) is 64.4 Å². The van der Waals surface area contributed by atoms with Gasteiger partial charge in [0.05, 0.1) is 12.0 Å². The molecule has 32 heavy (non-hydrogen) atoms. The summed E-state index contributed by atoms with van der Waals surface area (Å²) in [5, 5.41) is 41.2. The van der Waals surface area contributed by atoms with Gasteiger partial charge in [0.25, 0.3) is 0 Å². The van der Waals surface area contributed by atoms with Gasteiger partial charge in [-0.2, -0.15) is 0 Å². The third kappa shape index (κ3) is 3.94. The quantitative estimate of drug-likeness (QED) is 0.533. The van der Waals surface area contributed by atoms with Crippen molar-refractivity contribution in [3.63, 3.8) is 0 Å². The van der Waals surface area contributed by atoms with Crippen molar-refractivity contribution in [3.8, 4) is 23.0 Å². The average Bonchev–Trinajstić information content (AvgIpc) is 3.02. The number of ether oxygens (including phenoxy) is 2. The van der Waals surface area contributed by atoms with Crippen LogP contribution in [0.1, 0.15) is 73.4 Å². The summed E-state index contributed by atoms with van der Waals surface area (Å²) in [7, 11) is 0. The largest absolute Gasteiger partial charge is 0.508 e. The number of carbonyl (C=O) groups is 1. The first-order valence-electron chi connectivity index (χ1n) is 10.6. The predicted octanol–water partition coefficient (Wildman–Crippen LogP) is 3.88. The van der Waals surface area contributed by atoms with Crippen LogP contribution in [-0.2, 0) is 6.42 Å². The number of fused-ring (bicyclic) bond motifs is 2. The molecule has 2 aromatic rings. The maximum atomic E-state index is 12.7. The van der Waals surface area contributed by atoms with Gasteiger partial charge >= 0.3 is 0 Å². The van der Waals surface area contributed by atoms with Crippen molar-refractivity contribution in [1.82, 2.24) is 0 Å². The molecule has 3 unspecified atom stereocenters. The molecule has 170 valence electrons. The van der Waals surface area contributed by atoms with Crippen LogP contribution in [-0.4, -0.2) is 37.9 Å². The van der Waals surface area contributed by atoms with Gasteiger partial charge in [-0.1, -0.05) is 11.6 Å². The van der Waals surface area contributed by atoms with E-state index in [-0.39, 0.29) is 35.0 Å². The molecule has 7 nitrogen and oxygen atoms in total. The Balaban J connectivity index is 1.78. The Morgan fingerprint density at radius 3 is 2.53 bits per heavy atom. The monoisotopic (exact) mass is 440 g/mol. The standard InChI is InChI=1S/C25H28O7/c1-12(2)5-6-13-7-14(8-16-22(29)24(25(3,4)30)32-23(13)16)19-11-18(28)21-17(27)9-15(26)10-20(21)31-19/h5,7-10,19,22,24,26-27,29-30H,6,11H2,1-4H3. The Kier molecular flexibility index (Phi) is 5.43. The number of hydrogen-bond acceptors (Lipinski definition) is 7. The third-order valence-electron chi connectivity index (χ3n) is 5.85. The molecule has 2 aliphatic heterocycles. The first-order valence-corrected chi connectivity index (χ1v) is 10.6. The van der Waals surface area contributed by atoms with E-state index in [0.29, 0.717) is 23.3 Å². The fourth-order valence-corrected chi connectivity index (χ4v) is 4.25. The lowest BCUT2D eigenvalue weighted by atomic mass is 9.89. The first-order chi connectivity index (χ1) is 15.0. The number of ketones is 1. The number of aromatic hydroxyl groups is 2. The fraction of sp³-hybridized carbons (Fsp3) is 0.400. The smallest absolute Gasteiger partial charge is 0.174 e. The van der Waals surface area contributed by atoms with Gasteiger partial charge in [-0.3, -0.25) is 4.79 Å². The van der Waals surface area contributed by atoms with Gasteiger partial charge < -0.3 is 29.9 Å². The Labute approximate surface area is 186 Å². The van der Waals surface area contributed by atoms with Gasteiger partial charge in [0.15, 0.2) is 11.9 Å². The van der Waals surface area contributed by atoms with Crippen LogP contribution in [0, 0.1) is 0 Å². The Hall–Kier alpha value is -3.03. The number of hydrogen-bond donors (Lipinski definition) is 4. The van der Waals surface area contributed by atoms with Crippen molar-refractivity contribution in [3.05, 3.63) is 58.2 Å². The van der Waals surface area contributed by atoms with E-state index in [1.54, 1.807) is 19.9 Å². The molecule has 2 heterocycles. The third-order valence-corrected chi connectivity index (χ3v) is 5.85. The minimum absolute atomic E-state index is 0.00190. The summed E-state index contributed by atoms with van der Waals surface area (Å²) in [5.41, 5.74) is 1.91. The number of Topliss-reactive ketones (excluding diaryl/α,β-unsaturated/α-hetero) is 1. The molecule has 7 heteroatoms. The molecule has 0 saturated carbocycles. The Morgan fingerprint density at radius 1 is 1.16 bits per heavy atom. The molecule has 0 spiro atoms. The summed E-state index contributed by atoms with van der Waals surface area (Å²) < 4.78 is 12.0. The summed E-state index contributed by atoms with van der Waals surface area (Å²) in [5.74, 6) is -0.181. The van der Waals surface area contributed by atoms with Crippen LogP contribution in [0.15, 0.2) is 35.9 Å². The number of rotatable bonds is 4. The highest BCUT2D eigenvalue weighted by molar-refractivity contribution is 6.02. The molecule has 2 aromatic carbocycles. The number of aliphatic hydroxyl groups is 2. The van der Waals surface area contributed by atoms with Crippen LogP contribution in [0.3, 0.4) is 0 Å². The highest BCUT2D eigenvalue weighted by Gasteiger charge is 2.44. The van der Waals surface area contributed by atoms with Gasteiger partial charge in [-0.05, 0) is 57.4 Å². The Morgan fingerprint density at radius 2 is 1.88 bits per heavy atom. The molecule has 0 fully saturated rings. The van der Waals surface area contributed by atoms with Crippen LogP contribution in [0.25, 0.3) is 0 Å². The molecular formula is C25H28O7. The van der Waals surface area contributed by atoms with E-state index in [1.807, 2.05) is 26.0 Å². The first kappa shape index (κ1) is 22.2. The molecule has 0 amide bonds. The average molecular weight is 440 g/mol. The molecule has 3 atom stereocenters. The molecular weight excluding hydrogens is 412 g/mol. The number of carbonyl (C=O) groups excluding carboxylic acids is 1. The van der Waals surface area contributed by atoms with Crippen molar-refractivity contribution in [2.75, 3.05) is 0 Å². The van der Waals surface area contributed by atoms with E-state index in [2.05, 4.69) is 0 Å². The molecule has 4 N–H and O–H groups in total. The topological polar surface area (TPSA) is 116 Å². The second-order valence-corrected chi connectivity index (χ2v) is 9.29. The summed E-state index contributed by atoms with van der Waals surface area (Å²) in [6.07, 6.45) is 0.0306. The summed E-state index contributed by atoms with van der Waals surface area (Å²) >= 11 is 0. The summed E-state index contributed by atoms with van der Waals surface area (Å²) in [6, 6.07) is 6.03. The lowest BCUT2D eigenvalue weighted by Gasteiger charge is -2.27. The van der Waals surface area contributed by atoms with E-state index in [4.69, 9.17) is 9.47 Å². The van der Waals surface area contributed by atoms with Gasteiger partial charge in [0, 0.05) is 17.7 Å². The van der Waals surface area contributed by atoms with E-state index in [9.17, 15) is 25.2 Å². The van der Waals surface area contributed by atoms with E-state index >= 15 is 0 Å². The molecule has 2 aliphatic rings. The maximum Gasteiger partial charge on any atom is 0.174 e. The second-order valence-electron chi connectivity index (χ2n) is 9.29. The second kappa shape index (κ2) is 7.83. The zero-order valence-electron chi connectivity index (χ0n) is 18.5. The molecule has 0 bridgehead atoms. The number of phenolic OH excluding ortho intramolecular Hbond substituents is 2. The van der Waals surface area contributed by atoms with Crippen molar-refractivity contribution < 1.29 is 34.7 Å². The van der Waals surface area contributed by atoms with Crippen LogP contribution in [0.2, 0.25) is 0 Å².